The zero-order valence-electron chi connectivity index (χ0n) is 31.2. The van der Waals surface area contributed by atoms with Crippen molar-refractivity contribution in [1.29, 1.82) is 0 Å². The fourth-order valence-electron chi connectivity index (χ4n) is 7.31. The number of carbonyl (C=O) groups is 1. The second-order valence-corrected chi connectivity index (χ2v) is 14.3. The Hall–Kier alpha value is -5.84. The molecule has 2 aromatic heterocycles. The van der Waals surface area contributed by atoms with Gasteiger partial charge in [-0.3, -0.25) is 0 Å². The number of nitrogens with zero attached hydrogens (tertiary/aromatic N) is 6. The van der Waals surface area contributed by atoms with Crippen LogP contribution in [-0.2, 0) is 29.0 Å². The third-order valence-corrected chi connectivity index (χ3v) is 10.7. The van der Waals surface area contributed by atoms with Crippen LogP contribution in [0.3, 0.4) is 0 Å². The van der Waals surface area contributed by atoms with Gasteiger partial charge in [0.25, 0.3) is 0 Å². The van der Waals surface area contributed by atoms with Gasteiger partial charge in [0.2, 0.25) is 0 Å². The lowest BCUT2D eigenvalue weighted by Gasteiger charge is -2.36. The monoisotopic (exact) mass is 747 g/mol. The van der Waals surface area contributed by atoms with E-state index in [2.05, 4.69) is 121 Å². The van der Waals surface area contributed by atoms with E-state index in [-0.39, 0.29) is 5.97 Å². The van der Waals surface area contributed by atoms with Crippen molar-refractivity contribution < 1.29 is 9.53 Å². The summed E-state index contributed by atoms with van der Waals surface area (Å²) in [6, 6.07) is 48.0. The molecular weight excluding hydrogens is 703 g/mol. The van der Waals surface area contributed by atoms with Crippen LogP contribution >= 0.6 is 11.8 Å². The number of benzene rings is 5. The molecule has 5 aromatic carbocycles. The first-order valence-electron chi connectivity index (χ1n) is 18.8. The van der Waals surface area contributed by atoms with Crippen molar-refractivity contribution in [3.63, 3.8) is 0 Å². The fraction of sp³-hybridized carbons (Fsp3) is 0.222. The topological polar surface area (TPSA) is 114 Å². The number of hydrogen-bond acceptors (Lipinski definition) is 8. The number of rotatable bonds is 16. The number of ether oxygens (including phenoxy) is 1. The molecule has 0 aliphatic heterocycles. The highest BCUT2D eigenvalue weighted by atomic mass is 32.2. The van der Waals surface area contributed by atoms with E-state index in [1.54, 1.807) is 11.8 Å². The molecule has 0 amide bonds. The molecule has 10 heteroatoms. The van der Waals surface area contributed by atoms with Gasteiger partial charge in [0.05, 0.1) is 12.3 Å². The second kappa shape index (κ2) is 17.5. The van der Waals surface area contributed by atoms with Crippen LogP contribution in [0.5, 0.6) is 0 Å². The zero-order valence-corrected chi connectivity index (χ0v) is 32.0. The molecule has 0 unspecified atom stereocenters. The Morgan fingerprint density at radius 3 is 1.91 bits per heavy atom. The van der Waals surface area contributed by atoms with Gasteiger partial charge in [-0.25, -0.2) is 14.5 Å². The standard InChI is InChI=1S/C45H45N7O2S/c1-3-16-41-47-40(32-55-30-29-46)42(44(53)54-4-2)51(41)31-33-25-27-34(28-26-33)38-23-14-15-24-39(38)43-48-49-50-52(43)45(35-17-8-5-9-18-35,36-19-10-6-11-20-36)37-21-12-7-13-22-37/h5-15,17-28H,3-4,16,29-32,46H2,1-2H3. The summed E-state index contributed by atoms with van der Waals surface area (Å²) in [5.41, 5.74) is 13.2. The van der Waals surface area contributed by atoms with Crippen molar-refractivity contribution in [3.05, 3.63) is 179 Å². The molecule has 0 fully saturated rings. The minimum absolute atomic E-state index is 0.295. The second-order valence-electron chi connectivity index (χ2n) is 13.2. The SMILES string of the molecule is CCCc1nc(CSCCN)c(C(=O)OCC)n1Cc1ccc(-c2ccccc2-c2nnnn2C(c2ccccc2)(c2ccccc2)c2ccccc2)cc1. The van der Waals surface area contributed by atoms with Gasteiger partial charge in [0, 0.05) is 36.6 Å². The number of aromatic nitrogens is 6. The highest BCUT2D eigenvalue weighted by Gasteiger charge is 2.42. The van der Waals surface area contributed by atoms with Crippen molar-refractivity contribution in [1.82, 2.24) is 29.8 Å². The van der Waals surface area contributed by atoms with Crippen LogP contribution in [0.15, 0.2) is 140 Å². The lowest BCUT2D eigenvalue weighted by molar-refractivity contribution is 0.0513. The smallest absolute Gasteiger partial charge is 0.356 e. The van der Waals surface area contributed by atoms with Gasteiger partial charge in [-0.05, 0) is 57.2 Å². The number of carbonyl (C=O) groups excluding carboxylic acids is 1. The highest BCUT2D eigenvalue weighted by Crippen LogP contribution is 2.43. The van der Waals surface area contributed by atoms with E-state index in [1.807, 2.05) is 46.5 Å². The van der Waals surface area contributed by atoms with Gasteiger partial charge in [-0.1, -0.05) is 146 Å². The van der Waals surface area contributed by atoms with Crippen molar-refractivity contribution >= 4 is 17.7 Å². The normalized spacial score (nSPS) is 11.5. The van der Waals surface area contributed by atoms with E-state index in [1.165, 1.54) is 0 Å². The van der Waals surface area contributed by atoms with E-state index in [9.17, 15) is 4.79 Å². The van der Waals surface area contributed by atoms with Crippen molar-refractivity contribution in [2.45, 2.75) is 44.5 Å². The Morgan fingerprint density at radius 2 is 1.35 bits per heavy atom. The summed E-state index contributed by atoms with van der Waals surface area (Å²) in [7, 11) is 0. The summed E-state index contributed by atoms with van der Waals surface area (Å²) in [5.74, 6) is 2.57. The maximum absolute atomic E-state index is 13.4. The molecule has 0 aliphatic carbocycles. The summed E-state index contributed by atoms with van der Waals surface area (Å²) < 4.78 is 9.54. The molecule has 7 rings (SSSR count). The van der Waals surface area contributed by atoms with Gasteiger partial charge in [0.1, 0.15) is 11.4 Å². The number of nitrogens with two attached hydrogens (primary N) is 1. The maximum Gasteiger partial charge on any atom is 0.356 e. The Kier molecular flexibility index (Phi) is 11.9. The number of esters is 1. The molecule has 9 nitrogen and oxygen atoms in total. The Bertz CT molecular complexity index is 2210. The summed E-state index contributed by atoms with van der Waals surface area (Å²) in [5, 5.41) is 13.8. The maximum atomic E-state index is 13.4. The van der Waals surface area contributed by atoms with Crippen LogP contribution in [0.1, 0.15) is 64.5 Å². The molecule has 0 saturated heterocycles. The molecule has 55 heavy (non-hydrogen) atoms. The molecule has 2 heterocycles. The molecule has 278 valence electrons. The van der Waals surface area contributed by atoms with Crippen molar-refractivity contribution in [3.8, 4) is 22.5 Å². The molecular formula is C45H45N7O2S. The van der Waals surface area contributed by atoms with Gasteiger partial charge >= 0.3 is 5.97 Å². The average molecular weight is 748 g/mol. The van der Waals surface area contributed by atoms with Crippen LogP contribution < -0.4 is 5.73 Å². The third-order valence-electron chi connectivity index (χ3n) is 9.70. The largest absolute Gasteiger partial charge is 0.461 e. The van der Waals surface area contributed by atoms with Crippen LogP contribution in [0.4, 0.5) is 0 Å². The Labute approximate surface area is 326 Å². The van der Waals surface area contributed by atoms with Crippen LogP contribution in [0.2, 0.25) is 0 Å². The van der Waals surface area contributed by atoms with Crippen LogP contribution in [0, 0.1) is 0 Å². The number of thioether (sulfide) groups is 1. The number of aryl methyl sites for hydroxylation is 1. The highest BCUT2D eigenvalue weighted by molar-refractivity contribution is 7.98. The van der Waals surface area contributed by atoms with E-state index >= 15 is 0 Å². The van der Waals surface area contributed by atoms with E-state index < -0.39 is 5.54 Å². The Morgan fingerprint density at radius 1 is 0.764 bits per heavy atom. The third kappa shape index (κ3) is 7.61. The van der Waals surface area contributed by atoms with Crippen molar-refractivity contribution in [2.24, 2.45) is 5.73 Å². The first-order valence-corrected chi connectivity index (χ1v) is 19.9. The summed E-state index contributed by atoms with van der Waals surface area (Å²) in [6.45, 7) is 5.31. The van der Waals surface area contributed by atoms with E-state index in [0.717, 1.165) is 69.1 Å². The first-order chi connectivity index (χ1) is 27.1. The lowest BCUT2D eigenvalue weighted by atomic mass is 9.77. The fourth-order valence-corrected chi connectivity index (χ4v) is 8.01. The van der Waals surface area contributed by atoms with Crippen LogP contribution in [-0.4, -0.2) is 54.6 Å². The van der Waals surface area contributed by atoms with Gasteiger partial charge < -0.3 is 15.0 Å². The van der Waals surface area contributed by atoms with E-state index in [4.69, 9.17) is 25.8 Å². The lowest BCUT2D eigenvalue weighted by Crippen LogP contribution is -2.39. The molecule has 0 bridgehead atoms. The predicted molar refractivity (Wildman–Crippen MR) is 220 cm³/mol. The molecule has 7 aromatic rings. The first kappa shape index (κ1) is 37.5. The van der Waals surface area contributed by atoms with Gasteiger partial charge in [-0.2, -0.15) is 11.8 Å². The quantitative estimate of drug-likeness (QED) is 0.0596. The summed E-state index contributed by atoms with van der Waals surface area (Å²) >= 11 is 1.68. The summed E-state index contributed by atoms with van der Waals surface area (Å²) in [4.78, 5) is 18.3. The molecule has 0 spiro atoms. The van der Waals surface area contributed by atoms with E-state index in [0.29, 0.717) is 37.0 Å². The summed E-state index contributed by atoms with van der Waals surface area (Å²) in [6.07, 6.45) is 1.66. The van der Waals surface area contributed by atoms with Gasteiger partial charge in [0.15, 0.2) is 11.5 Å². The average Bonchev–Trinajstić information content (AvgIpc) is 3.85. The molecule has 2 N–H and O–H groups in total. The van der Waals surface area contributed by atoms with Gasteiger partial charge in [-0.15, -0.1) is 5.10 Å². The molecule has 0 saturated carbocycles. The van der Waals surface area contributed by atoms with Crippen LogP contribution in [0.25, 0.3) is 22.5 Å². The zero-order chi connectivity index (χ0) is 38.0. The minimum Gasteiger partial charge on any atom is -0.461 e. The molecule has 0 aliphatic rings. The predicted octanol–water partition coefficient (Wildman–Crippen LogP) is 8.41. The van der Waals surface area contributed by atoms with Crippen molar-refractivity contribution in [2.75, 3.05) is 18.9 Å². The number of tetrazole rings is 1. The minimum atomic E-state index is -0.876. The number of imidazole rings is 1. The number of hydrogen-bond donors (Lipinski definition) is 1. The Balaban J connectivity index is 1.31. The molecule has 0 atom stereocenters. The molecule has 0 radical (unpaired) electrons.